The Bertz CT molecular complexity index is 777. The van der Waals surface area contributed by atoms with Gasteiger partial charge in [0.25, 0.3) is 0 Å². The first-order valence-electron chi connectivity index (χ1n) is 7.48. The van der Waals surface area contributed by atoms with Crippen molar-refractivity contribution in [3.63, 3.8) is 0 Å². The first-order valence-corrected chi connectivity index (χ1v) is 9.34. The number of carbonyl (C=O) groups excluding carboxylic acids is 1. The maximum absolute atomic E-state index is 12.2. The number of halogens is 1. The number of sulfonamides is 1. The van der Waals surface area contributed by atoms with E-state index in [2.05, 4.69) is 10.0 Å². The van der Waals surface area contributed by atoms with Gasteiger partial charge >= 0.3 is 0 Å². The summed E-state index contributed by atoms with van der Waals surface area (Å²) >= 11 is 5.75. The summed E-state index contributed by atoms with van der Waals surface area (Å²) in [6.07, 6.45) is 0.684. The normalized spacial score (nSPS) is 12.6. The minimum absolute atomic E-state index is 0.0656. The van der Waals surface area contributed by atoms with Crippen LogP contribution in [0.3, 0.4) is 0 Å². The monoisotopic (exact) mass is 366 g/mol. The number of rotatable bonds is 7. The Labute approximate surface area is 147 Å². The second kappa shape index (κ2) is 8.28. The number of hydrogen-bond donors (Lipinski definition) is 2. The average Bonchev–Trinajstić information content (AvgIpc) is 2.55. The molecule has 2 rings (SSSR count). The summed E-state index contributed by atoms with van der Waals surface area (Å²) in [4.78, 5) is 12.1. The van der Waals surface area contributed by atoms with Crippen LogP contribution in [0.2, 0.25) is 5.02 Å². The summed E-state index contributed by atoms with van der Waals surface area (Å²) in [6, 6.07) is 14.6. The van der Waals surface area contributed by atoms with Crippen LogP contribution in [0, 0.1) is 0 Å². The summed E-state index contributed by atoms with van der Waals surface area (Å²) in [5.41, 5.74) is 1.10. The van der Waals surface area contributed by atoms with Crippen molar-refractivity contribution in [2.24, 2.45) is 0 Å². The summed E-state index contributed by atoms with van der Waals surface area (Å²) < 4.78 is 26.8. The fourth-order valence-electron chi connectivity index (χ4n) is 2.10. The number of carbonyl (C=O) groups is 1. The van der Waals surface area contributed by atoms with Crippen molar-refractivity contribution in [3.05, 3.63) is 65.2 Å². The molecule has 7 heteroatoms. The van der Waals surface area contributed by atoms with Gasteiger partial charge in [-0.2, -0.15) is 4.72 Å². The lowest BCUT2D eigenvalue weighted by molar-refractivity contribution is -0.122. The van der Waals surface area contributed by atoms with Gasteiger partial charge in [0.2, 0.25) is 15.9 Å². The molecular formula is C17H19ClN2O3S. The molecular weight excluding hydrogens is 348 g/mol. The van der Waals surface area contributed by atoms with Crippen LogP contribution in [0.1, 0.15) is 12.5 Å². The van der Waals surface area contributed by atoms with E-state index in [1.807, 2.05) is 30.3 Å². The summed E-state index contributed by atoms with van der Waals surface area (Å²) in [5, 5.41) is 3.17. The molecule has 0 bridgehead atoms. The number of hydrogen-bond acceptors (Lipinski definition) is 3. The van der Waals surface area contributed by atoms with Gasteiger partial charge in [-0.05, 0) is 43.2 Å². The Balaban J connectivity index is 1.87. The predicted molar refractivity (Wildman–Crippen MR) is 94.4 cm³/mol. The van der Waals surface area contributed by atoms with E-state index >= 15 is 0 Å². The lowest BCUT2D eigenvalue weighted by atomic mass is 10.1. The van der Waals surface area contributed by atoms with Crippen molar-refractivity contribution in [3.8, 4) is 0 Å². The molecule has 0 spiro atoms. The largest absolute Gasteiger partial charge is 0.354 e. The van der Waals surface area contributed by atoms with Crippen LogP contribution >= 0.6 is 11.6 Å². The molecule has 0 aliphatic heterocycles. The Kier molecular flexibility index (Phi) is 6.36. The maximum atomic E-state index is 12.2. The van der Waals surface area contributed by atoms with Crippen LogP contribution in [0.25, 0.3) is 0 Å². The molecule has 0 heterocycles. The highest BCUT2D eigenvalue weighted by Crippen LogP contribution is 2.14. The standard InChI is InChI=1S/C17H19ClN2O3S/c1-13(17(21)19-12-11-14-5-3-2-4-6-14)20-24(22,23)16-9-7-15(18)8-10-16/h2-10,13,20H,11-12H2,1H3,(H,19,21). The lowest BCUT2D eigenvalue weighted by Crippen LogP contribution is -2.45. The Hall–Kier alpha value is -1.89. The summed E-state index contributed by atoms with van der Waals surface area (Å²) in [5.74, 6) is -0.372. The quantitative estimate of drug-likeness (QED) is 0.789. The molecule has 2 aromatic rings. The van der Waals surface area contributed by atoms with Crippen LogP contribution in [-0.2, 0) is 21.2 Å². The zero-order chi connectivity index (χ0) is 17.6. The van der Waals surface area contributed by atoms with E-state index in [1.54, 1.807) is 0 Å². The molecule has 0 saturated heterocycles. The fraction of sp³-hybridized carbons (Fsp3) is 0.235. The average molecular weight is 367 g/mol. The van der Waals surface area contributed by atoms with Gasteiger partial charge < -0.3 is 5.32 Å². The Morgan fingerprint density at radius 1 is 1.08 bits per heavy atom. The molecule has 0 aromatic heterocycles. The van der Waals surface area contributed by atoms with E-state index in [-0.39, 0.29) is 10.8 Å². The summed E-state index contributed by atoms with van der Waals surface area (Å²) in [7, 11) is -3.77. The van der Waals surface area contributed by atoms with Gasteiger partial charge in [-0.1, -0.05) is 41.9 Å². The SMILES string of the molecule is CC(NS(=O)(=O)c1ccc(Cl)cc1)C(=O)NCCc1ccccc1. The Morgan fingerprint density at radius 3 is 2.33 bits per heavy atom. The van der Waals surface area contributed by atoms with Crippen LogP contribution < -0.4 is 10.0 Å². The molecule has 2 N–H and O–H groups in total. The van der Waals surface area contributed by atoms with E-state index in [4.69, 9.17) is 11.6 Å². The first-order chi connectivity index (χ1) is 11.4. The van der Waals surface area contributed by atoms with Gasteiger partial charge in [-0.15, -0.1) is 0 Å². The molecule has 24 heavy (non-hydrogen) atoms. The third kappa shape index (κ3) is 5.33. The van der Waals surface area contributed by atoms with Crippen LogP contribution in [0.15, 0.2) is 59.5 Å². The van der Waals surface area contributed by atoms with Crippen molar-refractivity contribution >= 4 is 27.5 Å². The van der Waals surface area contributed by atoms with Gasteiger partial charge in [0, 0.05) is 11.6 Å². The molecule has 128 valence electrons. The molecule has 0 fully saturated rings. The number of nitrogens with one attached hydrogen (secondary N) is 2. The number of amides is 1. The molecule has 1 unspecified atom stereocenters. The van der Waals surface area contributed by atoms with Crippen molar-refractivity contribution < 1.29 is 13.2 Å². The van der Waals surface area contributed by atoms with Crippen LogP contribution in [-0.4, -0.2) is 26.9 Å². The van der Waals surface area contributed by atoms with Gasteiger partial charge in [0.05, 0.1) is 10.9 Å². The molecule has 1 atom stereocenters. The highest BCUT2D eigenvalue weighted by molar-refractivity contribution is 7.89. The topological polar surface area (TPSA) is 75.3 Å². The highest BCUT2D eigenvalue weighted by Gasteiger charge is 2.21. The zero-order valence-corrected chi connectivity index (χ0v) is 14.8. The van der Waals surface area contributed by atoms with Crippen LogP contribution in [0.4, 0.5) is 0 Å². The molecule has 0 aliphatic carbocycles. The maximum Gasteiger partial charge on any atom is 0.241 e. The third-order valence-electron chi connectivity index (χ3n) is 3.40. The number of benzene rings is 2. The van der Waals surface area contributed by atoms with Crippen LogP contribution in [0.5, 0.6) is 0 Å². The minimum atomic E-state index is -3.77. The predicted octanol–water partition coefficient (Wildman–Crippen LogP) is 2.37. The molecule has 1 amide bonds. The molecule has 0 saturated carbocycles. The van der Waals surface area contributed by atoms with E-state index < -0.39 is 16.1 Å². The third-order valence-corrected chi connectivity index (χ3v) is 5.21. The van der Waals surface area contributed by atoms with Gasteiger partial charge in [0.15, 0.2) is 0 Å². The minimum Gasteiger partial charge on any atom is -0.354 e. The van der Waals surface area contributed by atoms with Gasteiger partial charge in [0.1, 0.15) is 0 Å². The summed E-state index contributed by atoms with van der Waals surface area (Å²) in [6.45, 7) is 1.95. The van der Waals surface area contributed by atoms with Crippen molar-refractivity contribution in [2.45, 2.75) is 24.3 Å². The molecule has 0 radical (unpaired) electrons. The first kappa shape index (κ1) is 18.4. The second-order valence-electron chi connectivity index (χ2n) is 5.32. The van der Waals surface area contributed by atoms with Crippen molar-refractivity contribution in [2.75, 3.05) is 6.54 Å². The van der Waals surface area contributed by atoms with E-state index in [0.717, 1.165) is 5.56 Å². The van der Waals surface area contributed by atoms with Crippen molar-refractivity contribution in [1.82, 2.24) is 10.0 Å². The molecule has 0 aliphatic rings. The molecule has 2 aromatic carbocycles. The molecule has 5 nitrogen and oxygen atoms in total. The van der Waals surface area contributed by atoms with Gasteiger partial charge in [-0.25, -0.2) is 8.42 Å². The highest BCUT2D eigenvalue weighted by atomic mass is 35.5. The zero-order valence-electron chi connectivity index (χ0n) is 13.2. The van der Waals surface area contributed by atoms with E-state index in [0.29, 0.717) is 18.0 Å². The fourth-order valence-corrected chi connectivity index (χ4v) is 3.42. The van der Waals surface area contributed by atoms with Gasteiger partial charge in [-0.3, -0.25) is 4.79 Å². The lowest BCUT2D eigenvalue weighted by Gasteiger charge is -2.14. The van der Waals surface area contributed by atoms with E-state index in [1.165, 1.54) is 31.2 Å². The van der Waals surface area contributed by atoms with E-state index in [9.17, 15) is 13.2 Å². The Morgan fingerprint density at radius 2 is 1.71 bits per heavy atom. The second-order valence-corrected chi connectivity index (χ2v) is 7.47. The smallest absolute Gasteiger partial charge is 0.241 e. The van der Waals surface area contributed by atoms with Crippen molar-refractivity contribution in [1.29, 1.82) is 0 Å².